The average Bonchev–Trinajstić information content (AvgIpc) is 2.83. The summed E-state index contributed by atoms with van der Waals surface area (Å²) in [6.07, 6.45) is 0. The van der Waals surface area contributed by atoms with Crippen LogP contribution in [0.5, 0.6) is 0 Å². The molecule has 2 aromatic rings. The van der Waals surface area contributed by atoms with E-state index in [1.54, 1.807) is 12.1 Å². The van der Waals surface area contributed by atoms with E-state index < -0.39 is 17.8 Å². The molecule has 0 bridgehead atoms. The number of nitrogens with zero attached hydrogens (tertiary/aromatic N) is 2. The Balaban J connectivity index is 2.25. The lowest BCUT2D eigenvalue weighted by atomic mass is 10.1. The zero-order valence-corrected chi connectivity index (χ0v) is 14.2. The van der Waals surface area contributed by atoms with E-state index in [9.17, 15) is 14.4 Å². The number of hydrogen-bond acceptors (Lipinski definition) is 5. The first kappa shape index (κ1) is 16.7. The number of methoxy groups -OCH3 is 1. The molecule has 0 saturated carbocycles. The van der Waals surface area contributed by atoms with Gasteiger partial charge in [0.2, 0.25) is 0 Å². The fraction of sp³-hybridized carbons (Fsp3) is 0.0667. The molecule has 3 rings (SSSR count). The van der Waals surface area contributed by atoms with Crippen LogP contribution in [0.4, 0.5) is 5.69 Å². The minimum absolute atomic E-state index is 0.196. The lowest BCUT2D eigenvalue weighted by molar-refractivity contribution is 0.0593. The molecule has 122 valence electrons. The van der Waals surface area contributed by atoms with Crippen molar-refractivity contribution >= 4 is 58.3 Å². The van der Waals surface area contributed by atoms with E-state index in [0.717, 1.165) is 12.0 Å². The molecule has 2 heterocycles. The Bertz CT molecular complexity index is 879. The molecule has 1 aliphatic heterocycles. The Morgan fingerprint density at radius 3 is 2.08 bits per heavy atom. The van der Waals surface area contributed by atoms with Gasteiger partial charge in [-0.25, -0.2) is 14.7 Å². The van der Waals surface area contributed by atoms with Crippen molar-refractivity contribution in [2.75, 3.05) is 12.0 Å². The van der Waals surface area contributed by atoms with Crippen molar-refractivity contribution in [2.45, 2.75) is 0 Å². The number of aromatic nitrogens is 1. The maximum Gasteiger partial charge on any atom is 0.358 e. The van der Waals surface area contributed by atoms with Gasteiger partial charge in [0.1, 0.15) is 5.02 Å². The molecule has 1 aromatic heterocycles. The number of benzene rings is 1. The molecule has 6 nitrogen and oxygen atoms in total. The lowest BCUT2D eigenvalue weighted by Gasteiger charge is -2.19. The number of imide groups is 1. The number of amides is 2. The van der Waals surface area contributed by atoms with E-state index in [1.165, 1.54) is 12.1 Å². The van der Waals surface area contributed by atoms with Gasteiger partial charge in [-0.1, -0.05) is 46.9 Å². The predicted octanol–water partition coefficient (Wildman–Crippen LogP) is 3.63. The molecular weight excluding hydrogens is 379 g/mol. The quantitative estimate of drug-likeness (QED) is 0.448. The van der Waals surface area contributed by atoms with E-state index in [4.69, 9.17) is 34.8 Å². The van der Waals surface area contributed by atoms with Crippen LogP contribution in [-0.4, -0.2) is 29.9 Å². The maximum atomic E-state index is 12.6. The van der Waals surface area contributed by atoms with Gasteiger partial charge in [0.15, 0.2) is 10.8 Å². The largest absolute Gasteiger partial charge is 0.464 e. The molecule has 9 heteroatoms. The predicted molar refractivity (Wildman–Crippen MR) is 88.2 cm³/mol. The van der Waals surface area contributed by atoms with Gasteiger partial charge >= 0.3 is 5.97 Å². The van der Waals surface area contributed by atoms with Crippen LogP contribution < -0.4 is 4.90 Å². The molecule has 0 atom stereocenters. The van der Waals surface area contributed by atoms with Crippen molar-refractivity contribution in [1.29, 1.82) is 0 Å². The monoisotopic (exact) mass is 384 g/mol. The van der Waals surface area contributed by atoms with Crippen LogP contribution in [0, 0.1) is 0 Å². The highest BCUT2D eigenvalue weighted by Gasteiger charge is 2.40. The topological polar surface area (TPSA) is 76.6 Å². The van der Waals surface area contributed by atoms with E-state index in [1.807, 2.05) is 0 Å². The summed E-state index contributed by atoms with van der Waals surface area (Å²) in [5, 5.41) is -0.803. The summed E-state index contributed by atoms with van der Waals surface area (Å²) >= 11 is 18.2. The molecule has 0 saturated heterocycles. The van der Waals surface area contributed by atoms with Crippen LogP contribution in [0.25, 0.3) is 0 Å². The molecule has 0 unspecified atom stereocenters. The van der Waals surface area contributed by atoms with Gasteiger partial charge in [0, 0.05) is 0 Å². The van der Waals surface area contributed by atoms with E-state index in [2.05, 4.69) is 9.72 Å². The van der Waals surface area contributed by atoms with Crippen molar-refractivity contribution in [1.82, 2.24) is 4.98 Å². The zero-order valence-electron chi connectivity index (χ0n) is 12.0. The SMILES string of the molecule is COC(=O)c1nc(Cl)c(Cl)c(N2C(=O)c3ccccc3C2=O)c1Cl. The number of halogens is 3. The number of ether oxygens (including phenoxy) is 1. The number of fused-ring (bicyclic) bond motifs is 1. The number of rotatable bonds is 2. The second kappa shape index (κ2) is 6.05. The van der Waals surface area contributed by atoms with E-state index in [-0.39, 0.29) is 37.7 Å². The van der Waals surface area contributed by atoms with Gasteiger partial charge in [-0.2, -0.15) is 0 Å². The molecule has 1 aromatic carbocycles. The van der Waals surface area contributed by atoms with Gasteiger partial charge < -0.3 is 4.74 Å². The third-order valence-electron chi connectivity index (χ3n) is 3.41. The van der Waals surface area contributed by atoms with Crippen LogP contribution in [0.3, 0.4) is 0 Å². The molecule has 1 aliphatic rings. The Kier molecular flexibility index (Phi) is 4.21. The molecular formula is C15H7Cl3N2O4. The van der Waals surface area contributed by atoms with Crippen LogP contribution in [0.15, 0.2) is 24.3 Å². The minimum atomic E-state index is -0.878. The number of carbonyl (C=O) groups excluding carboxylic acids is 3. The number of carbonyl (C=O) groups is 3. The van der Waals surface area contributed by atoms with E-state index >= 15 is 0 Å². The number of esters is 1. The van der Waals surface area contributed by atoms with Crippen molar-refractivity contribution < 1.29 is 19.1 Å². The van der Waals surface area contributed by atoms with Crippen molar-refractivity contribution in [2.24, 2.45) is 0 Å². The molecule has 2 amide bonds. The van der Waals surface area contributed by atoms with Crippen molar-refractivity contribution in [3.63, 3.8) is 0 Å². The second-order valence-corrected chi connectivity index (χ2v) is 5.82. The van der Waals surface area contributed by atoms with Crippen LogP contribution in [-0.2, 0) is 4.74 Å². The average molecular weight is 386 g/mol. The first-order valence-corrected chi connectivity index (χ1v) is 7.62. The van der Waals surface area contributed by atoms with Crippen molar-refractivity contribution in [3.8, 4) is 0 Å². The number of hydrogen-bond donors (Lipinski definition) is 0. The molecule has 0 spiro atoms. The molecule has 0 N–H and O–H groups in total. The van der Waals surface area contributed by atoms with Crippen LogP contribution in [0.2, 0.25) is 15.2 Å². The normalized spacial score (nSPS) is 13.2. The summed E-state index contributed by atoms with van der Waals surface area (Å²) < 4.78 is 4.57. The third-order valence-corrected chi connectivity index (χ3v) is 4.50. The molecule has 0 radical (unpaired) electrons. The summed E-state index contributed by atoms with van der Waals surface area (Å²) in [6, 6.07) is 6.25. The fourth-order valence-corrected chi connectivity index (χ4v) is 3.07. The lowest BCUT2D eigenvalue weighted by Crippen LogP contribution is -2.30. The molecule has 0 fully saturated rings. The Morgan fingerprint density at radius 2 is 1.58 bits per heavy atom. The molecule has 24 heavy (non-hydrogen) atoms. The standard InChI is InChI=1S/C15H7Cl3N2O4/c1-24-15(23)10-8(16)11(9(17)12(18)19-10)20-13(21)6-4-2-3-5-7(6)14(20)22/h2-5H,1H3. The fourth-order valence-electron chi connectivity index (χ4n) is 2.32. The Labute approximate surface area is 150 Å². The van der Waals surface area contributed by atoms with Crippen LogP contribution in [0.1, 0.15) is 31.2 Å². The summed E-state index contributed by atoms with van der Waals surface area (Å²) in [5.41, 5.74) is -0.158. The summed E-state index contributed by atoms with van der Waals surface area (Å²) in [6.45, 7) is 0. The van der Waals surface area contributed by atoms with Gasteiger partial charge in [-0.05, 0) is 12.1 Å². The van der Waals surface area contributed by atoms with Gasteiger partial charge in [0.25, 0.3) is 11.8 Å². The van der Waals surface area contributed by atoms with E-state index in [0.29, 0.717) is 0 Å². The summed E-state index contributed by atoms with van der Waals surface area (Å²) in [5.74, 6) is -2.13. The first-order chi connectivity index (χ1) is 11.4. The van der Waals surface area contributed by atoms with Crippen molar-refractivity contribution in [3.05, 3.63) is 56.3 Å². The Morgan fingerprint density at radius 1 is 1.04 bits per heavy atom. The highest BCUT2D eigenvalue weighted by molar-refractivity contribution is 6.49. The van der Waals surface area contributed by atoms with Gasteiger partial charge in [-0.15, -0.1) is 0 Å². The third kappa shape index (κ3) is 2.34. The van der Waals surface area contributed by atoms with Gasteiger partial charge in [-0.3, -0.25) is 9.59 Å². The highest BCUT2D eigenvalue weighted by Crippen LogP contribution is 2.42. The summed E-state index contributed by atoms with van der Waals surface area (Å²) in [7, 11) is 1.13. The molecule has 0 aliphatic carbocycles. The first-order valence-electron chi connectivity index (χ1n) is 6.49. The number of pyridine rings is 1. The Hall–Kier alpha value is -2.15. The second-order valence-electron chi connectivity index (χ2n) is 4.71. The minimum Gasteiger partial charge on any atom is -0.464 e. The summed E-state index contributed by atoms with van der Waals surface area (Å²) in [4.78, 5) is 41.5. The highest BCUT2D eigenvalue weighted by atomic mass is 35.5. The zero-order chi connectivity index (χ0) is 17.6. The van der Waals surface area contributed by atoms with Crippen LogP contribution >= 0.6 is 34.8 Å². The maximum absolute atomic E-state index is 12.6. The van der Waals surface area contributed by atoms with Gasteiger partial charge in [0.05, 0.1) is 28.9 Å². The number of anilines is 1. The smallest absolute Gasteiger partial charge is 0.358 e.